The normalized spacial score (nSPS) is 11.5. The van der Waals surface area contributed by atoms with Crippen LogP contribution in [0.3, 0.4) is 0 Å². The summed E-state index contributed by atoms with van der Waals surface area (Å²) in [6, 6.07) is 7.83. The fraction of sp³-hybridized carbons (Fsp3) is 0.267. The third-order valence-electron chi connectivity index (χ3n) is 2.95. The fourth-order valence-corrected chi connectivity index (χ4v) is 4.13. The molecule has 0 aliphatic rings. The highest BCUT2D eigenvalue weighted by Crippen LogP contribution is 2.34. The van der Waals surface area contributed by atoms with Gasteiger partial charge in [-0.1, -0.05) is 26.8 Å². The van der Waals surface area contributed by atoms with Gasteiger partial charge < -0.3 is 5.32 Å². The molecule has 1 N–H and O–H groups in total. The number of nitrogens with one attached hydrogen (secondary N) is 1. The van der Waals surface area contributed by atoms with Crippen LogP contribution in [-0.4, -0.2) is 5.91 Å². The van der Waals surface area contributed by atoms with Crippen molar-refractivity contribution in [2.45, 2.75) is 26.2 Å². The second-order valence-corrected chi connectivity index (χ2v) is 9.71. The Labute approximate surface area is 153 Å². The first-order chi connectivity index (χ1) is 9.68. The Morgan fingerprint density at radius 1 is 1.10 bits per heavy atom. The van der Waals surface area contributed by atoms with Gasteiger partial charge in [0.15, 0.2) is 0 Å². The second kappa shape index (κ2) is 6.52. The van der Waals surface area contributed by atoms with Crippen molar-refractivity contribution in [2.75, 3.05) is 5.32 Å². The minimum atomic E-state index is -0.115. The van der Waals surface area contributed by atoms with Crippen LogP contribution in [0.2, 0.25) is 0 Å². The molecule has 1 amide bonds. The standard InChI is InChI=1S/C15H14Br3NOS/c1-15(2,3)8-4-5-11(9(16)6-8)19-14(20)12-7-10(17)13(18)21-12/h4-7H,1-3H3,(H,19,20). The first-order valence-corrected chi connectivity index (χ1v) is 9.44. The Bertz CT molecular complexity index is 669. The summed E-state index contributed by atoms with van der Waals surface area (Å²) in [5, 5.41) is 2.93. The van der Waals surface area contributed by atoms with Crippen molar-refractivity contribution in [3.8, 4) is 0 Å². The molecule has 0 aliphatic heterocycles. The van der Waals surface area contributed by atoms with E-state index in [4.69, 9.17) is 0 Å². The average Bonchev–Trinajstić information content (AvgIpc) is 2.71. The van der Waals surface area contributed by atoms with Crippen LogP contribution in [0.15, 0.2) is 37.0 Å². The Morgan fingerprint density at radius 2 is 1.76 bits per heavy atom. The molecule has 21 heavy (non-hydrogen) atoms. The highest BCUT2D eigenvalue weighted by molar-refractivity contribution is 9.13. The van der Waals surface area contributed by atoms with Gasteiger partial charge in [-0.3, -0.25) is 4.79 Å². The molecule has 2 rings (SSSR count). The minimum Gasteiger partial charge on any atom is -0.320 e. The molecule has 112 valence electrons. The van der Waals surface area contributed by atoms with Crippen LogP contribution in [0, 0.1) is 0 Å². The molecular formula is C15H14Br3NOS. The molecule has 0 atom stereocenters. The third kappa shape index (κ3) is 4.18. The molecule has 0 unspecified atom stereocenters. The summed E-state index contributed by atoms with van der Waals surface area (Å²) in [6.07, 6.45) is 0. The summed E-state index contributed by atoms with van der Waals surface area (Å²) in [6.45, 7) is 6.48. The summed E-state index contributed by atoms with van der Waals surface area (Å²) >= 11 is 11.7. The Balaban J connectivity index is 2.22. The lowest BCUT2D eigenvalue weighted by atomic mass is 9.87. The smallest absolute Gasteiger partial charge is 0.265 e. The summed E-state index contributed by atoms with van der Waals surface area (Å²) < 4.78 is 2.69. The molecule has 0 radical (unpaired) electrons. The van der Waals surface area contributed by atoms with Crippen molar-refractivity contribution in [3.63, 3.8) is 0 Å². The van der Waals surface area contributed by atoms with E-state index in [0.29, 0.717) is 4.88 Å². The van der Waals surface area contributed by atoms with Gasteiger partial charge in [-0.15, -0.1) is 11.3 Å². The van der Waals surface area contributed by atoms with Crippen LogP contribution in [0.5, 0.6) is 0 Å². The molecule has 1 aromatic heterocycles. The summed E-state index contributed by atoms with van der Waals surface area (Å²) in [5.41, 5.74) is 2.07. The quantitative estimate of drug-likeness (QED) is 0.500. The largest absolute Gasteiger partial charge is 0.320 e. The molecule has 6 heteroatoms. The average molecular weight is 496 g/mol. The number of halogens is 3. The topological polar surface area (TPSA) is 29.1 Å². The number of rotatable bonds is 2. The number of carbonyl (C=O) groups excluding carboxylic acids is 1. The Kier molecular flexibility index (Phi) is 5.34. The van der Waals surface area contributed by atoms with Crippen LogP contribution in [0.1, 0.15) is 36.0 Å². The summed E-state index contributed by atoms with van der Waals surface area (Å²) in [5.74, 6) is -0.115. The molecule has 2 aromatic rings. The lowest BCUT2D eigenvalue weighted by molar-refractivity contribution is 0.103. The molecule has 0 aliphatic carbocycles. The van der Waals surface area contributed by atoms with Gasteiger partial charge in [0.1, 0.15) is 0 Å². The molecule has 0 bridgehead atoms. The fourth-order valence-electron chi connectivity index (χ4n) is 1.73. The Morgan fingerprint density at radius 3 is 2.24 bits per heavy atom. The van der Waals surface area contributed by atoms with E-state index in [1.807, 2.05) is 18.2 Å². The maximum absolute atomic E-state index is 12.3. The number of anilines is 1. The molecule has 0 saturated heterocycles. The van der Waals surface area contributed by atoms with Crippen molar-refractivity contribution in [1.82, 2.24) is 0 Å². The zero-order chi connectivity index (χ0) is 15.8. The zero-order valence-corrected chi connectivity index (χ0v) is 17.3. The van der Waals surface area contributed by atoms with Crippen molar-refractivity contribution >= 4 is 70.7 Å². The van der Waals surface area contributed by atoms with Gasteiger partial charge in [0, 0.05) is 8.95 Å². The van der Waals surface area contributed by atoms with Gasteiger partial charge in [-0.25, -0.2) is 0 Å². The predicted molar refractivity (Wildman–Crippen MR) is 101 cm³/mol. The number of amides is 1. The van der Waals surface area contributed by atoms with E-state index >= 15 is 0 Å². The van der Waals surface area contributed by atoms with Gasteiger partial charge >= 0.3 is 0 Å². The molecule has 2 nitrogen and oxygen atoms in total. The van der Waals surface area contributed by atoms with Crippen molar-refractivity contribution in [2.24, 2.45) is 0 Å². The van der Waals surface area contributed by atoms with E-state index in [1.165, 1.54) is 16.9 Å². The second-order valence-electron chi connectivity index (χ2n) is 5.63. The molecule has 0 fully saturated rings. The number of hydrogen-bond acceptors (Lipinski definition) is 2. The predicted octanol–water partition coefficient (Wildman–Crippen LogP) is 6.59. The van der Waals surface area contributed by atoms with Crippen molar-refractivity contribution < 1.29 is 4.79 Å². The van der Waals surface area contributed by atoms with E-state index in [-0.39, 0.29) is 11.3 Å². The van der Waals surface area contributed by atoms with Crippen LogP contribution < -0.4 is 5.32 Å². The summed E-state index contributed by atoms with van der Waals surface area (Å²) in [4.78, 5) is 12.9. The minimum absolute atomic E-state index is 0.0779. The molecule has 0 spiro atoms. The maximum Gasteiger partial charge on any atom is 0.265 e. The zero-order valence-electron chi connectivity index (χ0n) is 11.8. The molecule has 0 saturated carbocycles. The number of thiophene rings is 1. The monoisotopic (exact) mass is 493 g/mol. The van der Waals surface area contributed by atoms with Crippen LogP contribution >= 0.6 is 59.1 Å². The lowest BCUT2D eigenvalue weighted by Gasteiger charge is -2.20. The third-order valence-corrected chi connectivity index (χ3v) is 6.86. The van der Waals surface area contributed by atoms with E-state index in [1.54, 1.807) is 0 Å². The number of carbonyl (C=O) groups is 1. The number of hydrogen-bond donors (Lipinski definition) is 1. The van der Waals surface area contributed by atoms with Gasteiger partial charge in [0.05, 0.1) is 14.4 Å². The van der Waals surface area contributed by atoms with Gasteiger partial charge in [-0.05, 0) is 77.0 Å². The molecule has 1 heterocycles. The van der Waals surface area contributed by atoms with Gasteiger partial charge in [-0.2, -0.15) is 0 Å². The maximum atomic E-state index is 12.3. The van der Waals surface area contributed by atoms with E-state index < -0.39 is 0 Å². The first-order valence-electron chi connectivity index (χ1n) is 6.24. The summed E-state index contributed by atoms with van der Waals surface area (Å²) in [7, 11) is 0. The molecular weight excluding hydrogens is 482 g/mol. The van der Waals surface area contributed by atoms with Gasteiger partial charge in [0.2, 0.25) is 0 Å². The van der Waals surface area contributed by atoms with Crippen LogP contribution in [-0.2, 0) is 5.41 Å². The highest BCUT2D eigenvalue weighted by Gasteiger charge is 2.17. The van der Waals surface area contributed by atoms with Gasteiger partial charge in [0.25, 0.3) is 5.91 Å². The van der Waals surface area contributed by atoms with Crippen molar-refractivity contribution in [3.05, 3.63) is 47.4 Å². The number of benzene rings is 1. The Hall–Kier alpha value is -0.170. The molecule has 1 aromatic carbocycles. The van der Waals surface area contributed by atoms with E-state index in [9.17, 15) is 4.79 Å². The lowest BCUT2D eigenvalue weighted by Crippen LogP contribution is -2.13. The SMILES string of the molecule is CC(C)(C)c1ccc(NC(=O)c2cc(Br)c(Br)s2)c(Br)c1. The van der Waals surface area contributed by atoms with E-state index in [2.05, 4.69) is 79.9 Å². The van der Waals surface area contributed by atoms with Crippen LogP contribution in [0.25, 0.3) is 0 Å². The van der Waals surface area contributed by atoms with Crippen LogP contribution in [0.4, 0.5) is 5.69 Å². The van der Waals surface area contributed by atoms with Crippen molar-refractivity contribution in [1.29, 1.82) is 0 Å². The first kappa shape index (κ1) is 17.2. The highest BCUT2D eigenvalue weighted by atomic mass is 79.9. The van der Waals surface area contributed by atoms with E-state index in [0.717, 1.165) is 18.4 Å².